The molecule has 0 atom stereocenters. The summed E-state index contributed by atoms with van der Waals surface area (Å²) in [4.78, 5) is 8.54. The molecule has 104 valence electrons. The molecule has 0 saturated heterocycles. The van der Waals surface area contributed by atoms with E-state index in [1.54, 1.807) is 18.6 Å². The maximum atomic E-state index is 7.43. The fourth-order valence-corrected chi connectivity index (χ4v) is 2.30. The standard InChI is InChI=1S/C16H15N5/c1-2-11(7-17)12-3-4-21-15(10-20-16(21)6-12)13-5-14(18)9-19-8-13/h2-10,17H,18H2,1H3/b11-2+,17-7?. The SMILES string of the molecule is C/C=C(\C=N)c1ccn2c(-c3cncc(N)c3)cnc2c1. The van der Waals surface area contributed by atoms with Crippen LogP contribution < -0.4 is 5.73 Å². The molecule has 3 aromatic rings. The largest absolute Gasteiger partial charge is 0.397 e. The number of nitrogen functional groups attached to an aromatic ring is 1. The highest BCUT2D eigenvalue weighted by molar-refractivity contribution is 6.08. The Hall–Kier alpha value is -2.95. The molecule has 0 fully saturated rings. The highest BCUT2D eigenvalue weighted by Gasteiger charge is 2.08. The maximum Gasteiger partial charge on any atom is 0.137 e. The van der Waals surface area contributed by atoms with Crippen LogP contribution in [0.25, 0.3) is 22.5 Å². The number of pyridine rings is 2. The summed E-state index contributed by atoms with van der Waals surface area (Å²) in [6.07, 6.45) is 10.4. The van der Waals surface area contributed by atoms with Gasteiger partial charge in [-0.05, 0) is 36.3 Å². The monoisotopic (exact) mass is 277 g/mol. The van der Waals surface area contributed by atoms with Gasteiger partial charge in [0.15, 0.2) is 0 Å². The van der Waals surface area contributed by atoms with Gasteiger partial charge in [-0.15, -0.1) is 0 Å². The van der Waals surface area contributed by atoms with Crippen molar-refractivity contribution in [3.8, 4) is 11.3 Å². The third-order valence-corrected chi connectivity index (χ3v) is 3.37. The van der Waals surface area contributed by atoms with Crippen molar-refractivity contribution in [2.75, 3.05) is 5.73 Å². The number of nitrogens with zero attached hydrogens (tertiary/aromatic N) is 3. The molecule has 3 aromatic heterocycles. The zero-order valence-electron chi connectivity index (χ0n) is 11.6. The van der Waals surface area contributed by atoms with Gasteiger partial charge in [0.2, 0.25) is 0 Å². The van der Waals surface area contributed by atoms with E-state index in [1.165, 1.54) is 6.21 Å². The summed E-state index contributed by atoms with van der Waals surface area (Å²) in [5.74, 6) is 0. The van der Waals surface area contributed by atoms with Crippen molar-refractivity contribution in [3.63, 3.8) is 0 Å². The van der Waals surface area contributed by atoms with Gasteiger partial charge in [0.25, 0.3) is 0 Å². The summed E-state index contributed by atoms with van der Waals surface area (Å²) in [6.45, 7) is 1.92. The minimum absolute atomic E-state index is 0.624. The Morgan fingerprint density at radius 2 is 2.14 bits per heavy atom. The summed E-state index contributed by atoms with van der Waals surface area (Å²) in [7, 11) is 0. The van der Waals surface area contributed by atoms with E-state index in [1.807, 2.05) is 41.8 Å². The van der Waals surface area contributed by atoms with Crippen LogP contribution in [-0.4, -0.2) is 20.6 Å². The molecule has 0 radical (unpaired) electrons. The van der Waals surface area contributed by atoms with Gasteiger partial charge in [-0.1, -0.05) is 6.08 Å². The van der Waals surface area contributed by atoms with Crippen molar-refractivity contribution in [2.24, 2.45) is 0 Å². The van der Waals surface area contributed by atoms with Crippen molar-refractivity contribution >= 4 is 23.1 Å². The molecule has 3 heterocycles. The lowest BCUT2D eigenvalue weighted by molar-refractivity contribution is 1.18. The predicted molar refractivity (Wildman–Crippen MR) is 85.3 cm³/mol. The van der Waals surface area contributed by atoms with Gasteiger partial charge in [-0.3, -0.25) is 9.38 Å². The fraction of sp³-hybridized carbons (Fsp3) is 0.0625. The molecular weight excluding hydrogens is 262 g/mol. The number of nitrogens with one attached hydrogen (secondary N) is 1. The molecule has 0 aliphatic rings. The number of imidazole rings is 1. The summed E-state index contributed by atoms with van der Waals surface area (Å²) < 4.78 is 1.98. The van der Waals surface area contributed by atoms with E-state index in [0.29, 0.717) is 5.69 Å². The second kappa shape index (κ2) is 5.20. The van der Waals surface area contributed by atoms with Gasteiger partial charge in [0.05, 0.1) is 17.6 Å². The normalized spacial score (nSPS) is 11.8. The first-order valence-electron chi connectivity index (χ1n) is 6.58. The Kier molecular flexibility index (Phi) is 3.23. The molecular formula is C16H15N5. The summed E-state index contributed by atoms with van der Waals surface area (Å²) in [5.41, 5.74) is 10.9. The molecule has 0 aliphatic carbocycles. The molecule has 5 heteroatoms. The number of nitrogens with two attached hydrogens (primary N) is 1. The first kappa shape index (κ1) is 13.1. The second-order valence-corrected chi connectivity index (χ2v) is 4.68. The van der Waals surface area contributed by atoms with Gasteiger partial charge >= 0.3 is 0 Å². The Labute approximate surface area is 122 Å². The number of hydrogen-bond donors (Lipinski definition) is 2. The minimum Gasteiger partial charge on any atom is -0.397 e. The smallest absolute Gasteiger partial charge is 0.137 e. The van der Waals surface area contributed by atoms with E-state index in [0.717, 1.165) is 28.0 Å². The number of fused-ring (bicyclic) bond motifs is 1. The van der Waals surface area contributed by atoms with Gasteiger partial charge in [-0.25, -0.2) is 4.98 Å². The number of aromatic nitrogens is 3. The number of anilines is 1. The van der Waals surface area contributed by atoms with Crippen LogP contribution in [-0.2, 0) is 0 Å². The first-order chi connectivity index (χ1) is 10.2. The summed E-state index contributed by atoms with van der Waals surface area (Å²) >= 11 is 0. The van der Waals surface area contributed by atoms with E-state index in [2.05, 4.69) is 9.97 Å². The lowest BCUT2D eigenvalue weighted by Gasteiger charge is -2.05. The predicted octanol–water partition coefficient (Wildman–Crippen LogP) is 3.03. The Morgan fingerprint density at radius 1 is 1.29 bits per heavy atom. The van der Waals surface area contributed by atoms with Gasteiger partial charge in [-0.2, -0.15) is 0 Å². The van der Waals surface area contributed by atoms with Gasteiger partial charge in [0, 0.05) is 30.4 Å². The van der Waals surface area contributed by atoms with Crippen LogP contribution >= 0.6 is 0 Å². The number of allylic oxidation sites excluding steroid dienone is 2. The lowest BCUT2D eigenvalue weighted by atomic mass is 10.1. The molecule has 0 aliphatic heterocycles. The maximum absolute atomic E-state index is 7.43. The van der Waals surface area contributed by atoms with Crippen LogP contribution in [0.15, 0.2) is 49.1 Å². The zero-order chi connectivity index (χ0) is 14.8. The molecule has 0 saturated carbocycles. The van der Waals surface area contributed by atoms with Crippen molar-refractivity contribution in [3.05, 3.63) is 54.6 Å². The average Bonchev–Trinajstić information content (AvgIpc) is 2.92. The summed E-state index contributed by atoms with van der Waals surface area (Å²) in [5, 5.41) is 7.43. The van der Waals surface area contributed by atoms with Crippen molar-refractivity contribution in [2.45, 2.75) is 6.92 Å². The van der Waals surface area contributed by atoms with E-state index >= 15 is 0 Å². The topological polar surface area (TPSA) is 80.1 Å². The molecule has 3 rings (SSSR count). The van der Waals surface area contributed by atoms with Crippen LogP contribution in [0.4, 0.5) is 5.69 Å². The van der Waals surface area contributed by atoms with Gasteiger partial charge in [0.1, 0.15) is 5.65 Å². The van der Waals surface area contributed by atoms with Crippen LogP contribution in [0.3, 0.4) is 0 Å². The fourth-order valence-electron chi connectivity index (χ4n) is 2.30. The van der Waals surface area contributed by atoms with Crippen LogP contribution in [0.5, 0.6) is 0 Å². The molecule has 21 heavy (non-hydrogen) atoms. The third-order valence-electron chi connectivity index (χ3n) is 3.37. The molecule has 0 aromatic carbocycles. The minimum atomic E-state index is 0.624. The van der Waals surface area contributed by atoms with E-state index in [9.17, 15) is 0 Å². The lowest BCUT2D eigenvalue weighted by Crippen LogP contribution is -1.93. The molecule has 5 nitrogen and oxygen atoms in total. The van der Waals surface area contributed by atoms with Crippen molar-refractivity contribution < 1.29 is 0 Å². The van der Waals surface area contributed by atoms with Gasteiger partial charge < -0.3 is 11.1 Å². The third kappa shape index (κ3) is 2.29. The number of hydrogen-bond acceptors (Lipinski definition) is 4. The number of rotatable bonds is 3. The Morgan fingerprint density at radius 3 is 2.86 bits per heavy atom. The Balaban J connectivity index is 2.14. The first-order valence-corrected chi connectivity index (χ1v) is 6.58. The van der Waals surface area contributed by atoms with E-state index < -0.39 is 0 Å². The van der Waals surface area contributed by atoms with E-state index in [-0.39, 0.29) is 0 Å². The molecule has 0 bridgehead atoms. The summed E-state index contributed by atoms with van der Waals surface area (Å²) in [6, 6.07) is 5.81. The molecule has 0 spiro atoms. The van der Waals surface area contributed by atoms with Crippen LogP contribution in [0, 0.1) is 5.41 Å². The average molecular weight is 277 g/mol. The van der Waals surface area contributed by atoms with Crippen molar-refractivity contribution in [1.29, 1.82) is 5.41 Å². The highest BCUT2D eigenvalue weighted by atomic mass is 15.0. The zero-order valence-corrected chi connectivity index (χ0v) is 11.6. The van der Waals surface area contributed by atoms with Crippen molar-refractivity contribution in [1.82, 2.24) is 14.4 Å². The highest BCUT2D eigenvalue weighted by Crippen LogP contribution is 2.23. The molecule has 0 unspecified atom stereocenters. The Bertz CT molecular complexity index is 845. The molecule has 3 N–H and O–H groups in total. The van der Waals surface area contributed by atoms with Crippen LogP contribution in [0.2, 0.25) is 0 Å². The quantitative estimate of drug-likeness (QED) is 0.722. The van der Waals surface area contributed by atoms with Crippen LogP contribution in [0.1, 0.15) is 12.5 Å². The second-order valence-electron chi connectivity index (χ2n) is 4.68. The van der Waals surface area contributed by atoms with E-state index in [4.69, 9.17) is 11.1 Å². The molecule has 0 amide bonds.